The molecule has 0 bridgehead atoms. The number of carbonyl (C=O) groups excluding carboxylic acids is 2. The molecule has 0 radical (unpaired) electrons. The molecule has 0 aromatic heterocycles. The van der Waals surface area contributed by atoms with Crippen LogP contribution in [0.3, 0.4) is 0 Å². The minimum absolute atomic E-state index is 0.137. The van der Waals surface area contributed by atoms with E-state index in [0.29, 0.717) is 5.56 Å². The highest BCUT2D eigenvalue weighted by Gasteiger charge is 2.22. The number of fused-ring (bicyclic) bond motifs is 1. The SMILES string of the molecule is CC(OC(=O)c1ccc(F)c(F)c1)C(=O)c1ccc2c(c1)CCC2. The molecule has 0 amide bonds. The van der Waals surface area contributed by atoms with Crippen LogP contribution in [0.5, 0.6) is 0 Å². The van der Waals surface area contributed by atoms with Crippen molar-refractivity contribution in [2.45, 2.75) is 32.3 Å². The highest BCUT2D eigenvalue weighted by molar-refractivity contribution is 6.01. The fourth-order valence-electron chi connectivity index (χ4n) is 2.87. The first-order valence-electron chi connectivity index (χ1n) is 7.78. The van der Waals surface area contributed by atoms with E-state index in [4.69, 9.17) is 4.74 Å². The van der Waals surface area contributed by atoms with Crippen LogP contribution in [-0.4, -0.2) is 17.9 Å². The van der Waals surface area contributed by atoms with Crippen molar-refractivity contribution in [3.8, 4) is 0 Å². The Balaban J connectivity index is 1.71. The number of benzene rings is 2. The van der Waals surface area contributed by atoms with Crippen molar-refractivity contribution >= 4 is 11.8 Å². The van der Waals surface area contributed by atoms with Crippen LogP contribution in [0.4, 0.5) is 8.78 Å². The van der Waals surface area contributed by atoms with E-state index in [1.165, 1.54) is 12.5 Å². The van der Waals surface area contributed by atoms with E-state index >= 15 is 0 Å². The van der Waals surface area contributed by atoms with E-state index in [1.54, 1.807) is 6.07 Å². The van der Waals surface area contributed by atoms with Gasteiger partial charge in [-0.3, -0.25) is 4.79 Å². The van der Waals surface area contributed by atoms with Crippen LogP contribution >= 0.6 is 0 Å². The Bertz CT molecular complexity index is 814. The second-order valence-corrected chi connectivity index (χ2v) is 5.88. The number of esters is 1. The Morgan fingerprint density at radius 3 is 2.42 bits per heavy atom. The highest BCUT2D eigenvalue weighted by atomic mass is 19.2. The third-order valence-corrected chi connectivity index (χ3v) is 4.19. The molecule has 1 unspecified atom stereocenters. The number of halogens is 2. The van der Waals surface area contributed by atoms with E-state index < -0.39 is 23.7 Å². The fourth-order valence-corrected chi connectivity index (χ4v) is 2.87. The van der Waals surface area contributed by atoms with Crippen molar-refractivity contribution < 1.29 is 23.1 Å². The predicted molar refractivity (Wildman–Crippen MR) is 84.0 cm³/mol. The molecular formula is C19H16F2O3. The zero-order valence-corrected chi connectivity index (χ0v) is 13.1. The van der Waals surface area contributed by atoms with Gasteiger partial charge in [0.25, 0.3) is 0 Å². The average molecular weight is 330 g/mol. The first kappa shape index (κ1) is 16.3. The molecule has 3 nitrogen and oxygen atoms in total. The van der Waals surface area contributed by atoms with E-state index in [1.807, 2.05) is 12.1 Å². The summed E-state index contributed by atoms with van der Waals surface area (Å²) in [7, 11) is 0. The molecule has 5 heteroatoms. The number of aryl methyl sites for hydroxylation is 2. The van der Waals surface area contributed by atoms with Gasteiger partial charge in [0.2, 0.25) is 5.78 Å². The van der Waals surface area contributed by atoms with Gasteiger partial charge in [0.15, 0.2) is 17.7 Å². The second kappa shape index (κ2) is 6.51. The monoisotopic (exact) mass is 330 g/mol. The number of hydrogen-bond donors (Lipinski definition) is 0. The van der Waals surface area contributed by atoms with Crippen LogP contribution in [0.1, 0.15) is 45.2 Å². The molecule has 1 aliphatic carbocycles. The third kappa shape index (κ3) is 3.20. The third-order valence-electron chi connectivity index (χ3n) is 4.19. The Kier molecular flexibility index (Phi) is 4.42. The average Bonchev–Trinajstić information content (AvgIpc) is 3.04. The number of rotatable bonds is 4. The van der Waals surface area contributed by atoms with Crippen LogP contribution in [0.15, 0.2) is 36.4 Å². The number of hydrogen-bond acceptors (Lipinski definition) is 3. The molecule has 0 saturated heterocycles. The lowest BCUT2D eigenvalue weighted by Crippen LogP contribution is -2.24. The summed E-state index contributed by atoms with van der Waals surface area (Å²) in [4.78, 5) is 24.4. The maximum Gasteiger partial charge on any atom is 0.338 e. The molecule has 0 aliphatic heterocycles. The Morgan fingerprint density at radius 1 is 0.958 bits per heavy atom. The molecule has 0 spiro atoms. The summed E-state index contributed by atoms with van der Waals surface area (Å²) in [5.41, 5.74) is 2.75. The van der Waals surface area contributed by atoms with E-state index in [2.05, 4.69) is 0 Å². The molecule has 24 heavy (non-hydrogen) atoms. The van der Waals surface area contributed by atoms with Gasteiger partial charge in [-0.1, -0.05) is 12.1 Å². The predicted octanol–water partition coefficient (Wildman–Crippen LogP) is 3.88. The van der Waals surface area contributed by atoms with Gasteiger partial charge < -0.3 is 4.74 Å². The largest absolute Gasteiger partial charge is 0.451 e. The first-order chi connectivity index (χ1) is 11.5. The summed E-state index contributed by atoms with van der Waals surface area (Å²) in [6, 6.07) is 8.22. The normalized spacial score (nSPS) is 14.1. The van der Waals surface area contributed by atoms with Crippen molar-refractivity contribution in [3.63, 3.8) is 0 Å². The molecule has 0 heterocycles. The molecule has 1 atom stereocenters. The molecule has 124 valence electrons. The smallest absolute Gasteiger partial charge is 0.338 e. The lowest BCUT2D eigenvalue weighted by atomic mass is 10.0. The van der Waals surface area contributed by atoms with E-state index in [-0.39, 0.29) is 11.3 Å². The van der Waals surface area contributed by atoms with Crippen LogP contribution in [0.25, 0.3) is 0 Å². The van der Waals surface area contributed by atoms with Gasteiger partial charge in [-0.2, -0.15) is 0 Å². The quantitative estimate of drug-likeness (QED) is 0.631. The zero-order chi connectivity index (χ0) is 17.3. The van der Waals surface area contributed by atoms with E-state index in [0.717, 1.165) is 43.0 Å². The van der Waals surface area contributed by atoms with Crippen molar-refractivity contribution in [1.82, 2.24) is 0 Å². The maximum atomic E-state index is 13.2. The molecule has 1 aliphatic rings. The minimum Gasteiger partial charge on any atom is -0.451 e. The summed E-state index contributed by atoms with van der Waals surface area (Å²) in [6.07, 6.45) is 2.03. The maximum absolute atomic E-state index is 13.2. The number of carbonyl (C=O) groups is 2. The van der Waals surface area contributed by atoms with Crippen molar-refractivity contribution in [2.75, 3.05) is 0 Å². The lowest BCUT2D eigenvalue weighted by Gasteiger charge is -2.13. The topological polar surface area (TPSA) is 43.4 Å². The van der Waals surface area contributed by atoms with E-state index in [9.17, 15) is 18.4 Å². The van der Waals surface area contributed by atoms with Gasteiger partial charge >= 0.3 is 5.97 Å². The van der Waals surface area contributed by atoms with Crippen LogP contribution < -0.4 is 0 Å². The standard InChI is InChI=1S/C19H16F2O3/c1-11(24-19(23)15-7-8-16(20)17(21)10-15)18(22)14-6-5-12-3-2-4-13(12)9-14/h5-11H,2-4H2,1H3. The minimum atomic E-state index is -1.14. The molecule has 0 N–H and O–H groups in total. The molecule has 2 aromatic rings. The van der Waals surface area contributed by atoms with Gasteiger partial charge in [0.1, 0.15) is 0 Å². The van der Waals surface area contributed by atoms with Crippen molar-refractivity contribution in [3.05, 3.63) is 70.3 Å². The van der Waals surface area contributed by atoms with Gasteiger partial charge in [0.05, 0.1) is 5.56 Å². The zero-order valence-electron chi connectivity index (χ0n) is 13.1. The lowest BCUT2D eigenvalue weighted by molar-refractivity contribution is 0.0318. The first-order valence-corrected chi connectivity index (χ1v) is 7.78. The Labute approximate surface area is 138 Å². The molecule has 2 aromatic carbocycles. The van der Waals surface area contributed by atoms with Crippen LogP contribution in [0, 0.1) is 11.6 Å². The Morgan fingerprint density at radius 2 is 1.67 bits per heavy atom. The van der Waals surface area contributed by atoms with Gasteiger partial charge in [0, 0.05) is 5.56 Å². The summed E-state index contributed by atoms with van der Waals surface area (Å²) < 4.78 is 31.2. The van der Waals surface area contributed by atoms with Crippen LogP contribution in [0.2, 0.25) is 0 Å². The second-order valence-electron chi connectivity index (χ2n) is 5.88. The Hall–Kier alpha value is -2.56. The molecule has 0 fully saturated rings. The summed E-state index contributed by atoms with van der Waals surface area (Å²) in [6.45, 7) is 1.47. The molecular weight excluding hydrogens is 314 g/mol. The summed E-state index contributed by atoms with van der Waals surface area (Å²) >= 11 is 0. The number of ether oxygens (including phenoxy) is 1. The van der Waals surface area contributed by atoms with Crippen molar-refractivity contribution in [1.29, 1.82) is 0 Å². The molecule has 0 saturated carbocycles. The van der Waals surface area contributed by atoms with Crippen molar-refractivity contribution in [2.24, 2.45) is 0 Å². The van der Waals surface area contributed by atoms with Gasteiger partial charge in [-0.15, -0.1) is 0 Å². The fraction of sp³-hybridized carbons (Fsp3) is 0.263. The molecule has 3 rings (SSSR count). The highest BCUT2D eigenvalue weighted by Crippen LogP contribution is 2.23. The summed E-state index contributed by atoms with van der Waals surface area (Å²) in [5.74, 6) is -3.37. The van der Waals surface area contributed by atoms with Gasteiger partial charge in [-0.25, -0.2) is 13.6 Å². The number of Topliss-reactive ketones (excluding diaryl/α,β-unsaturated/α-hetero) is 1. The summed E-state index contributed by atoms with van der Waals surface area (Å²) in [5, 5.41) is 0. The van der Waals surface area contributed by atoms with Gasteiger partial charge in [-0.05, 0) is 61.6 Å². The van der Waals surface area contributed by atoms with Crippen LogP contribution in [-0.2, 0) is 17.6 Å². The number of ketones is 1.